The van der Waals surface area contributed by atoms with Crippen LogP contribution in [0, 0.1) is 6.92 Å². The summed E-state index contributed by atoms with van der Waals surface area (Å²) in [7, 11) is 1.82. The topological polar surface area (TPSA) is 34.9 Å². The lowest BCUT2D eigenvalue weighted by Crippen LogP contribution is -2.13. The first kappa shape index (κ1) is 11.0. The number of carbonyl (C=O) groups excluding carboxylic acids is 1. The molecule has 0 aliphatic carbocycles. The standard InChI is InChI=1S/C11H18N2O/c1-7-9(8(2)14)13(6)12-10(7)11(3,4)5/h1-6H3. The van der Waals surface area contributed by atoms with Crippen LogP contribution in [0.25, 0.3) is 0 Å². The molecule has 0 atom stereocenters. The summed E-state index contributed by atoms with van der Waals surface area (Å²) in [5.74, 6) is 0.0769. The van der Waals surface area contributed by atoms with Gasteiger partial charge in [0.2, 0.25) is 0 Å². The van der Waals surface area contributed by atoms with Crippen LogP contribution in [0.2, 0.25) is 0 Å². The van der Waals surface area contributed by atoms with Crippen molar-refractivity contribution in [1.29, 1.82) is 0 Å². The smallest absolute Gasteiger partial charge is 0.178 e. The highest BCUT2D eigenvalue weighted by molar-refractivity contribution is 5.94. The average molecular weight is 194 g/mol. The Balaban J connectivity index is 3.39. The fourth-order valence-corrected chi connectivity index (χ4v) is 1.83. The highest BCUT2D eigenvalue weighted by Gasteiger charge is 2.24. The monoisotopic (exact) mass is 194 g/mol. The molecule has 0 aliphatic heterocycles. The maximum absolute atomic E-state index is 11.4. The maximum atomic E-state index is 11.4. The third-order valence-corrected chi connectivity index (χ3v) is 2.33. The van der Waals surface area contributed by atoms with E-state index in [-0.39, 0.29) is 11.2 Å². The number of hydrogen-bond acceptors (Lipinski definition) is 2. The van der Waals surface area contributed by atoms with E-state index in [2.05, 4.69) is 25.9 Å². The molecule has 0 radical (unpaired) electrons. The minimum Gasteiger partial charge on any atom is -0.293 e. The van der Waals surface area contributed by atoms with Crippen LogP contribution in [0.5, 0.6) is 0 Å². The summed E-state index contributed by atoms with van der Waals surface area (Å²) in [5.41, 5.74) is 2.72. The molecule has 0 spiro atoms. The van der Waals surface area contributed by atoms with Gasteiger partial charge < -0.3 is 0 Å². The van der Waals surface area contributed by atoms with Crippen molar-refractivity contribution in [1.82, 2.24) is 9.78 Å². The first-order valence-electron chi connectivity index (χ1n) is 4.80. The Hall–Kier alpha value is -1.12. The molecular formula is C11H18N2O. The fourth-order valence-electron chi connectivity index (χ4n) is 1.83. The molecule has 78 valence electrons. The van der Waals surface area contributed by atoms with Gasteiger partial charge >= 0.3 is 0 Å². The van der Waals surface area contributed by atoms with Gasteiger partial charge in [0.15, 0.2) is 5.78 Å². The minimum atomic E-state index is -0.00442. The number of nitrogens with zero attached hydrogens (tertiary/aromatic N) is 2. The van der Waals surface area contributed by atoms with Crippen LogP contribution >= 0.6 is 0 Å². The highest BCUT2D eigenvalue weighted by atomic mass is 16.1. The molecular weight excluding hydrogens is 176 g/mol. The van der Waals surface area contributed by atoms with Crippen LogP contribution in [0.1, 0.15) is 49.4 Å². The van der Waals surface area contributed by atoms with Crippen LogP contribution in [-0.2, 0) is 12.5 Å². The minimum absolute atomic E-state index is 0.00442. The zero-order valence-corrected chi connectivity index (χ0v) is 9.80. The van der Waals surface area contributed by atoms with Gasteiger partial charge in [0.1, 0.15) is 5.69 Å². The van der Waals surface area contributed by atoms with E-state index in [1.54, 1.807) is 11.6 Å². The molecule has 0 bridgehead atoms. The number of Topliss-reactive ketones (excluding diaryl/α,β-unsaturated/α-hetero) is 1. The van der Waals surface area contributed by atoms with Crippen LogP contribution in [0.15, 0.2) is 0 Å². The van der Waals surface area contributed by atoms with Gasteiger partial charge in [0.25, 0.3) is 0 Å². The summed E-state index contributed by atoms with van der Waals surface area (Å²) in [5, 5.41) is 4.40. The zero-order valence-electron chi connectivity index (χ0n) is 9.80. The molecule has 0 fully saturated rings. The Morgan fingerprint density at radius 2 is 1.86 bits per heavy atom. The predicted molar refractivity (Wildman–Crippen MR) is 56.6 cm³/mol. The molecule has 0 amide bonds. The van der Waals surface area contributed by atoms with E-state index in [1.165, 1.54) is 0 Å². The summed E-state index contributed by atoms with van der Waals surface area (Å²) in [6, 6.07) is 0. The van der Waals surface area contributed by atoms with E-state index < -0.39 is 0 Å². The van der Waals surface area contributed by atoms with Crippen molar-refractivity contribution in [3.8, 4) is 0 Å². The van der Waals surface area contributed by atoms with Crippen molar-refractivity contribution in [3.63, 3.8) is 0 Å². The molecule has 1 heterocycles. The van der Waals surface area contributed by atoms with E-state index in [0.717, 1.165) is 17.0 Å². The summed E-state index contributed by atoms with van der Waals surface area (Å²) in [6.07, 6.45) is 0. The molecule has 0 aliphatic rings. The Kier molecular flexibility index (Phi) is 2.52. The lowest BCUT2D eigenvalue weighted by molar-refractivity contribution is 0.100. The molecule has 3 heteroatoms. The van der Waals surface area contributed by atoms with E-state index in [4.69, 9.17) is 0 Å². The normalized spacial score (nSPS) is 11.9. The van der Waals surface area contributed by atoms with E-state index in [9.17, 15) is 4.79 Å². The summed E-state index contributed by atoms with van der Waals surface area (Å²) in [6.45, 7) is 9.85. The molecule has 0 unspecified atom stereocenters. The lowest BCUT2D eigenvalue weighted by Gasteiger charge is -2.15. The van der Waals surface area contributed by atoms with E-state index in [0.29, 0.717) is 0 Å². The molecule has 14 heavy (non-hydrogen) atoms. The lowest BCUT2D eigenvalue weighted by atomic mass is 9.89. The predicted octanol–water partition coefficient (Wildman–Crippen LogP) is 2.23. The molecule has 0 saturated carbocycles. The second kappa shape index (κ2) is 3.23. The first-order chi connectivity index (χ1) is 6.25. The quantitative estimate of drug-likeness (QED) is 0.642. The van der Waals surface area contributed by atoms with Crippen LogP contribution in [0.4, 0.5) is 0 Å². The SMILES string of the molecule is CC(=O)c1c(C)c(C(C)(C)C)nn1C. The number of aromatic nitrogens is 2. The van der Waals surface area contributed by atoms with Crippen LogP contribution in [0.3, 0.4) is 0 Å². The van der Waals surface area contributed by atoms with Gasteiger partial charge in [-0.3, -0.25) is 9.48 Å². The molecule has 1 rings (SSSR count). The second-order valence-corrected chi connectivity index (χ2v) is 4.75. The Morgan fingerprint density at radius 1 is 1.36 bits per heavy atom. The average Bonchev–Trinajstić information content (AvgIpc) is 2.24. The van der Waals surface area contributed by atoms with Gasteiger partial charge in [-0.15, -0.1) is 0 Å². The summed E-state index contributed by atoms with van der Waals surface area (Å²) >= 11 is 0. The summed E-state index contributed by atoms with van der Waals surface area (Å²) in [4.78, 5) is 11.4. The van der Waals surface area contributed by atoms with Crippen molar-refractivity contribution in [3.05, 3.63) is 17.0 Å². The van der Waals surface area contributed by atoms with E-state index >= 15 is 0 Å². The van der Waals surface area contributed by atoms with Crippen molar-refractivity contribution in [2.24, 2.45) is 7.05 Å². The third-order valence-electron chi connectivity index (χ3n) is 2.33. The Morgan fingerprint density at radius 3 is 2.07 bits per heavy atom. The van der Waals surface area contributed by atoms with Crippen molar-refractivity contribution < 1.29 is 4.79 Å². The molecule has 3 nitrogen and oxygen atoms in total. The van der Waals surface area contributed by atoms with Gasteiger partial charge in [0.05, 0.1) is 5.69 Å². The first-order valence-corrected chi connectivity index (χ1v) is 4.80. The Bertz CT molecular complexity index is 369. The van der Waals surface area contributed by atoms with Crippen LogP contribution in [-0.4, -0.2) is 15.6 Å². The van der Waals surface area contributed by atoms with Crippen molar-refractivity contribution in [2.45, 2.75) is 40.0 Å². The fraction of sp³-hybridized carbons (Fsp3) is 0.636. The number of hydrogen-bond donors (Lipinski definition) is 0. The van der Waals surface area contributed by atoms with Gasteiger partial charge in [-0.05, 0) is 6.92 Å². The number of rotatable bonds is 1. The van der Waals surface area contributed by atoms with Crippen LogP contribution < -0.4 is 0 Å². The zero-order chi connectivity index (χ0) is 11.1. The molecule has 0 N–H and O–H groups in total. The largest absolute Gasteiger partial charge is 0.293 e. The molecule has 0 saturated heterocycles. The highest BCUT2D eigenvalue weighted by Crippen LogP contribution is 2.26. The van der Waals surface area contributed by atoms with E-state index in [1.807, 2.05) is 14.0 Å². The van der Waals surface area contributed by atoms with Crippen molar-refractivity contribution in [2.75, 3.05) is 0 Å². The molecule has 0 aromatic carbocycles. The van der Waals surface area contributed by atoms with Gasteiger partial charge in [0, 0.05) is 24.9 Å². The second-order valence-electron chi connectivity index (χ2n) is 4.75. The van der Waals surface area contributed by atoms with Crippen molar-refractivity contribution >= 4 is 5.78 Å². The summed E-state index contributed by atoms with van der Waals surface area (Å²) < 4.78 is 1.68. The van der Waals surface area contributed by atoms with Gasteiger partial charge in [-0.25, -0.2) is 0 Å². The third kappa shape index (κ3) is 1.72. The van der Waals surface area contributed by atoms with Gasteiger partial charge in [-0.2, -0.15) is 5.10 Å². The van der Waals surface area contributed by atoms with Gasteiger partial charge in [-0.1, -0.05) is 20.8 Å². The number of aryl methyl sites for hydroxylation is 1. The molecule has 1 aromatic rings. The maximum Gasteiger partial charge on any atom is 0.178 e. The number of carbonyl (C=O) groups is 1. The Labute approximate surface area is 85.1 Å². The number of ketones is 1. The molecule has 1 aromatic heterocycles.